The van der Waals surface area contributed by atoms with Crippen LogP contribution in [0.1, 0.15) is 16.9 Å². The van der Waals surface area contributed by atoms with Crippen molar-refractivity contribution >= 4 is 40.2 Å². The lowest BCUT2D eigenvalue weighted by atomic mass is 10.3. The molecule has 1 amide bonds. The molecule has 2 aromatic heterocycles. The third-order valence-corrected chi connectivity index (χ3v) is 6.44. The molecule has 4 aromatic rings. The molecule has 9 nitrogen and oxygen atoms in total. The number of hydrogen-bond acceptors (Lipinski definition) is 7. The summed E-state index contributed by atoms with van der Waals surface area (Å²) < 4.78 is 13.4. The number of imidazole rings is 1. The number of amides is 1. The second-order valence-corrected chi connectivity index (χ2v) is 9.26. The molecule has 5 rings (SSSR count). The maximum Gasteiger partial charge on any atom is 0.270 e. The van der Waals surface area contributed by atoms with Crippen LogP contribution in [0, 0.1) is 0 Å². The van der Waals surface area contributed by atoms with Crippen LogP contribution in [0.2, 0.25) is 5.02 Å². The van der Waals surface area contributed by atoms with E-state index >= 15 is 0 Å². The Labute approximate surface area is 220 Å². The van der Waals surface area contributed by atoms with Gasteiger partial charge in [-0.2, -0.15) is 0 Å². The summed E-state index contributed by atoms with van der Waals surface area (Å²) >= 11 is 5.98. The number of morpholine rings is 1. The average Bonchev–Trinajstić information content (AvgIpc) is 3.22. The maximum absolute atomic E-state index is 12.6. The number of aryl methyl sites for hydroxylation is 1. The predicted molar refractivity (Wildman–Crippen MR) is 144 cm³/mol. The molecule has 37 heavy (non-hydrogen) atoms. The van der Waals surface area contributed by atoms with E-state index in [0.717, 1.165) is 56.0 Å². The smallest absolute Gasteiger partial charge is 0.270 e. The Hall–Kier alpha value is -3.66. The van der Waals surface area contributed by atoms with Crippen molar-refractivity contribution in [2.45, 2.75) is 6.42 Å². The van der Waals surface area contributed by atoms with Crippen LogP contribution < -0.4 is 15.4 Å². The van der Waals surface area contributed by atoms with Crippen LogP contribution in [0.25, 0.3) is 11.0 Å². The van der Waals surface area contributed by atoms with Crippen molar-refractivity contribution in [1.29, 1.82) is 0 Å². The fourth-order valence-electron chi connectivity index (χ4n) is 4.17. The molecule has 0 radical (unpaired) electrons. The zero-order valence-electron chi connectivity index (χ0n) is 20.6. The van der Waals surface area contributed by atoms with Gasteiger partial charge < -0.3 is 24.7 Å². The number of benzene rings is 2. The van der Waals surface area contributed by atoms with E-state index in [4.69, 9.17) is 26.1 Å². The van der Waals surface area contributed by atoms with Crippen LogP contribution in [0.15, 0.2) is 60.8 Å². The Kier molecular flexibility index (Phi) is 7.84. The highest BCUT2D eigenvalue weighted by molar-refractivity contribution is 6.30. The summed E-state index contributed by atoms with van der Waals surface area (Å²) in [6, 6.07) is 16.5. The topological polar surface area (TPSA) is 93.5 Å². The summed E-state index contributed by atoms with van der Waals surface area (Å²) in [4.78, 5) is 23.9. The van der Waals surface area contributed by atoms with Gasteiger partial charge in [-0.05, 0) is 55.4 Å². The van der Waals surface area contributed by atoms with Gasteiger partial charge in [0.25, 0.3) is 5.91 Å². The molecule has 2 aromatic carbocycles. The normalized spacial score (nSPS) is 14.0. The zero-order chi connectivity index (χ0) is 25.6. The number of fused-ring (bicyclic) bond motifs is 1. The third kappa shape index (κ3) is 6.37. The second-order valence-electron chi connectivity index (χ2n) is 8.82. The molecule has 0 unspecified atom stereocenters. The SMILES string of the molecule is Cn1c(Nc2ccc(Cl)cc2)nc2cc(Oc3ccnc(C(=O)NCCCN4CCOCC4)c3)ccc21. The molecule has 0 saturated carbocycles. The van der Waals surface area contributed by atoms with Gasteiger partial charge in [-0.15, -0.1) is 0 Å². The van der Waals surface area contributed by atoms with E-state index in [2.05, 4.69) is 20.5 Å². The lowest BCUT2D eigenvalue weighted by Gasteiger charge is -2.26. The number of anilines is 2. The van der Waals surface area contributed by atoms with E-state index in [1.165, 1.54) is 0 Å². The number of pyridine rings is 1. The first kappa shape index (κ1) is 25.0. The van der Waals surface area contributed by atoms with Crippen LogP contribution in [-0.2, 0) is 11.8 Å². The zero-order valence-corrected chi connectivity index (χ0v) is 21.4. The van der Waals surface area contributed by atoms with Gasteiger partial charge in [0.1, 0.15) is 17.2 Å². The van der Waals surface area contributed by atoms with Gasteiger partial charge in [0.15, 0.2) is 0 Å². The lowest BCUT2D eigenvalue weighted by molar-refractivity contribution is 0.0374. The molecule has 1 aliphatic heterocycles. The van der Waals surface area contributed by atoms with Crippen LogP contribution in [0.4, 0.5) is 11.6 Å². The summed E-state index contributed by atoms with van der Waals surface area (Å²) in [6.07, 6.45) is 2.45. The minimum Gasteiger partial charge on any atom is -0.457 e. The van der Waals surface area contributed by atoms with E-state index in [-0.39, 0.29) is 5.91 Å². The summed E-state index contributed by atoms with van der Waals surface area (Å²) in [5, 5.41) is 6.93. The van der Waals surface area contributed by atoms with E-state index in [9.17, 15) is 4.79 Å². The van der Waals surface area contributed by atoms with Crippen molar-refractivity contribution in [3.63, 3.8) is 0 Å². The number of carbonyl (C=O) groups is 1. The van der Waals surface area contributed by atoms with Gasteiger partial charge in [-0.25, -0.2) is 4.98 Å². The monoisotopic (exact) mass is 520 g/mol. The van der Waals surface area contributed by atoms with Crippen molar-refractivity contribution in [2.24, 2.45) is 7.05 Å². The first-order chi connectivity index (χ1) is 18.0. The van der Waals surface area contributed by atoms with Crippen LogP contribution in [0.3, 0.4) is 0 Å². The summed E-state index contributed by atoms with van der Waals surface area (Å²) in [7, 11) is 1.95. The maximum atomic E-state index is 12.6. The van der Waals surface area contributed by atoms with Crippen molar-refractivity contribution in [1.82, 2.24) is 24.8 Å². The molecule has 0 bridgehead atoms. The number of carbonyl (C=O) groups excluding carboxylic acids is 1. The molecule has 192 valence electrons. The predicted octanol–water partition coefficient (Wildman–Crippen LogP) is 4.61. The Balaban J connectivity index is 1.20. The molecular weight excluding hydrogens is 492 g/mol. The van der Waals surface area contributed by atoms with E-state index < -0.39 is 0 Å². The molecule has 1 fully saturated rings. The number of rotatable bonds is 9. The molecule has 0 spiro atoms. The minimum absolute atomic E-state index is 0.217. The van der Waals surface area contributed by atoms with Crippen LogP contribution >= 0.6 is 11.6 Å². The fraction of sp³-hybridized carbons (Fsp3) is 0.296. The highest BCUT2D eigenvalue weighted by Crippen LogP contribution is 2.28. The quantitative estimate of drug-likeness (QED) is 0.311. The number of nitrogens with one attached hydrogen (secondary N) is 2. The van der Waals surface area contributed by atoms with Crippen LogP contribution in [0.5, 0.6) is 11.5 Å². The van der Waals surface area contributed by atoms with Gasteiger partial charge >= 0.3 is 0 Å². The Morgan fingerprint density at radius 3 is 2.68 bits per heavy atom. The molecular formula is C27H29ClN6O3. The minimum atomic E-state index is -0.217. The molecule has 1 saturated heterocycles. The Morgan fingerprint density at radius 2 is 1.86 bits per heavy atom. The number of halogens is 1. The average molecular weight is 521 g/mol. The van der Waals surface area contributed by atoms with Gasteiger partial charge in [0.2, 0.25) is 5.95 Å². The largest absolute Gasteiger partial charge is 0.457 e. The van der Waals surface area contributed by atoms with Gasteiger partial charge in [0, 0.05) is 55.7 Å². The summed E-state index contributed by atoms with van der Waals surface area (Å²) in [5.41, 5.74) is 2.94. The van der Waals surface area contributed by atoms with E-state index in [0.29, 0.717) is 34.7 Å². The van der Waals surface area contributed by atoms with E-state index in [1.54, 1.807) is 18.3 Å². The number of ether oxygens (including phenoxy) is 2. The van der Waals surface area contributed by atoms with Crippen molar-refractivity contribution in [3.05, 3.63) is 71.5 Å². The highest BCUT2D eigenvalue weighted by atomic mass is 35.5. The number of nitrogens with zero attached hydrogens (tertiary/aromatic N) is 4. The molecule has 1 aliphatic rings. The van der Waals surface area contributed by atoms with Gasteiger partial charge in [-0.3, -0.25) is 14.7 Å². The summed E-state index contributed by atoms with van der Waals surface area (Å²) in [5.74, 6) is 1.63. The number of aromatic nitrogens is 3. The molecule has 2 N–H and O–H groups in total. The number of hydrogen-bond donors (Lipinski definition) is 2. The fourth-order valence-corrected chi connectivity index (χ4v) is 4.30. The van der Waals surface area contributed by atoms with Gasteiger partial charge in [-0.1, -0.05) is 11.6 Å². The first-order valence-electron chi connectivity index (χ1n) is 12.3. The van der Waals surface area contributed by atoms with E-state index in [1.807, 2.05) is 54.1 Å². The molecule has 3 heterocycles. The lowest BCUT2D eigenvalue weighted by Crippen LogP contribution is -2.38. The standard InChI is InChI=1S/C27H29ClN6O3/c1-33-25-8-7-21(17-23(25)32-27(33)31-20-5-3-19(28)4-6-20)37-22-9-11-29-24(18-22)26(35)30-10-2-12-34-13-15-36-16-14-34/h3-9,11,17-18H,2,10,12-16H2,1H3,(H,30,35)(H,31,32). The molecule has 0 aliphatic carbocycles. The van der Waals surface area contributed by atoms with Crippen molar-refractivity contribution in [3.8, 4) is 11.5 Å². The third-order valence-electron chi connectivity index (χ3n) is 6.19. The summed E-state index contributed by atoms with van der Waals surface area (Å²) in [6.45, 7) is 4.97. The Bertz CT molecular complexity index is 1370. The van der Waals surface area contributed by atoms with Crippen molar-refractivity contribution < 1.29 is 14.3 Å². The highest BCUT2D eigenvalue weighted by Gasteiger charge is 2.13. The Morgan fingerprint density at radius 1 is 1.08 bits per heavy atom. The van der Waals surface area contributed by atoms with Crippen molar-refractivity contribution in [2.75, 3.05) is 44.7 Å². The molecule has 10 heteroatoms. The molecule has 0 atom stereocenters. The van der Waals surface area contributed by atoms with Gasteiger partial charge in [0.05, 0.1) is 24.2 Å². The first-order valence-corrected chi connectivity index (χ1v) is 12.6. The van der Waals surface area contributed by atoms with Crippen LogP contribution in [-0.4, -0.2) is 64.7 Å². The second kappa shape index (κ2) is 11.6.